The first kappa shape index (κ1) is 12.0. The summed E-state index contributed by atoms with van der Waals surface area (Å²) in [5, 5.41) is 9.72. The summed E-state index contributed by atoms with van der Waals surface area (Å²) in [6.45, 7) is 0.457. The van der Waals surface area contributed by atoms with Crippen molar-refractivity contribution in [3.8, 4) is 0 Å². The molecule has 2 aromatic rings. The normalized spacial score (nSPS) is 9.93. The minimum atomic E-state index is -0.892. The van der Waals surface area contributed by atoms with Gasteiger partial charge in [0.15, 0.2) is 0 Å². The molecule has 0 aliphatic carbocycles. The Kier molecular flexibility index (Phi) is 3.68. The Bertz CT molecular complexity index is 495. The third-order valence-electron chi connectivity index (χ3n) is 2.04. The second kappa shape index (κ2) is 4.61. The zero-order chi connectivity index (χ0) is 10.1. The predicted molar refractivity (Wildman–Crippen MR) is 63.9 cm³/mol. The molecule has 0 saturated heterocycles. The highest BCUT2D eigenvalue weighted by atomic mass is 35.5. The van der Waals surface area contributed by atoms with Gasteiger partial charge in [0.1, 0.15) is 0 Å². The van der Waals surface area contributed by atoms with Crippen LogP contribution in [0.4, 0.5) is 0 Å². The fourth-order valence-electron chi connectivity index (χ4n) is 1.40. The number of nitrogens with two attached hydrogens (primary N) is 1. The van der Waals surface area contributed by atoms with E-state index >= 15 is 0 Å². The van der Waals surface area contributed by atoms with Crippen molar-refractivity contribution in [1.82, 2.24) is 0 Å². The molecule has 0 atom stereocenters. The van der Waals surface area contributed by atoms with Gasteiger partial charge >= 0.3 is 5.97 Å². The molecule has 0 aliphatic rings. The largest absolute Gasteiger partial charge is 0.478 e. The van der Waals surface area contributed by atoms with Crippen LogP contribution in [0.1, 0.15) is 15.2 Å². The molecule has 1 aromatic heterocycles. The topological polar surface area (TPSA) is 63.3 Å². The summed E-state index contributed by atoms with van der Waals surface area (Å²) in [4.78, 5) is 11.9. The van der Waals surface area contributed by atoms with E-state index in [1.54, 1.807) is 23.5 Å². The number of aromatic carboxylic acids is 1. The van der Waals surface area contributed by atoms with Crippen LogP contribution in [0.5, 0.6) is 0 Å². The first-order valence-corrected chi connectivity index (χ1v) is 4.99. The van der Waals surface area contributed by atoms with Gasteiger partial charge in [-0.15, -0.1) is 23.7 Å². The molecule has 0 spiro atoms. The van der Waals surface area contributed by atoms with Crippen LogP contribution in [0.15, 0.2) is 24.3 Å². The highest BCUT2D eigenvalue weighted by Crippen LogP contribution is 2.27. The van der Waals surface area contributed by atoms with Crippen molar-refractivity contribution in [2.45, 2.75) is 6.54 Å². The molecule has 0 fully saturated rings. The van der Waals surface area contributed by atoms with Gasteiger partial charge in [0.05, 0.1) is 5.56 Å². The van der Waals surface area contributed by atoms with Gasteiger partial charge in [-0.25, -0.2) is 4.79 Å². The number of halogens is 1. The summed E-state index contributed by atoms with van der Waals surface area (Å²) in [5.41, 5.74) is 5.85. The highest BCUT2D eigenvalue weighted by Gasteiger charge is 2.10. The van der Waals surface area contributed by atoms with Gasteiger partial charge in [-0.05, 0) is 18.2 Å². The van der Waals surface area contributed by atoms with Gasteiger partial charge in [0.25, 0.3) is 0 Å². The number of hydrogen-bond acceptors (Lipinski definition) is 3. The average Bonchev–Trinajstić information content (AvgIpc) is 2.59. The lowest BCUT2D eigenvalue weighted by molar-refractivity contribution is 0.0699. The van der Waals surface area contributed by atoms with Crippen LogP contribution >= 0.6 is 23.7 Å². The maximum absolute atomic E-state index is 10.9. The minimum Gasteiger partial charge on any atom is -0.478 e. The summed E-state index contributed by atoms with van der Waals surface area (Å²) in [5.74, 6) is -0.892. The van der Waals surface area contributed by atoms with Crippen molar-refractivity contribution in [2.75, 3.05) is 0 Å². The van der Waals surface area contributed by atoms with Crippen LogP contribution in [0.3, 0.4) is 0 Å². The molecule has 0 aliphatic heterocycles. The van der Waals surface area contributed by atoms with Crippen LogP contribution in [0, 0.1) is 0 Å². The van der Waals surface area contributed by atoms with Gasteiger partial charge in [0, 0.05) is 21.5 Å². The third-order valence-corrected chi connectivity index (χ3v) is 3.17. The standard InChI is InChI=1S/C10H9NO2S.ClH/c11-5-6-4-8-7(10(12)13)2-1-3-9(8)14-6;/h1-4H,5,11H2,(H,12,13);1H. The summed E-state index contributed by atoms with van der Waals surface area (Å²) >= 11 is 1.54. The van der Waals surface area contributed by atoms with E-state index in [9.17, 15) is 4.79 Å². The summed E-state index contributed by atoms with van der Waals surface area (Å²) in [6, 6.07) is 7.12. The summed E-state index contributed by atoms with van der Waals surface area (Å²) < 4.78 is 0.977. The van der Waals surface area contributed by atoms with Crippen molar-refractivity contribution in [3.05, 3.63) is 34.7 Å². The molecular formula is C10H10ClNO2S. The smallest absolute Gasteiger partial charge is 0.336 e. The number of carboxylic acid groups (broad SMARTS) is 1. The van der Waals surface area contributed by atoms with Crippen LogP contribution in [-0.2, 0) is 6.54 Å². The Morgan fingerprint density at radius 2 is 2.20 bits per heavy atom. The summed E-state index contributed by atoms with van der Waals surface area (Å²) in [7, 11) is 0. The lowest BCUT2D eigenvalue weighted by Gasteiger charge is -1.94. The van der Waals surface area contributed by atoms with Crippen LogP contribution in [-0.4, -0.2) is 11.1 Å². The molecule has 3 nitrogen and oxygen atoms in total. The number of benzene rings is 1. The number of carboxylic acids is 1. The molecule has 0 amide bonds. The van der Waals surface area contributed by atoms with Crippen LogP contribution in [0.2, 0.25) is 0 Å². The highest BCUT2D eigenvalue weighted by molar-refractivity contribution is 7.19. The molecule has 3 N–H and O–H groups in total. The molecule has 0 saturated carbocycles. The Balaban J connectivity index is 0.00000112. The Labute approximate surface area is 96.9 Å². The number of hydrogen-bond donors (Lipinski definition) is 2. The SMILES string of the molecule is Cl.NCc1cc2c(C(=O)O)cccc2s1. The maximum atomic E-state index is 10.9. The van der Waals surface area contributed by atoms with E-state index in [0.29, 0.717) is 12.1 Å². The zero-order valence-electron chi connectivity index (χ0n) is 7.77. The van der Waals surface area contributed by atoms with E-state index in [0.717, 1.165) is 15.0 Å². The summed E-state index contributed by atoms with van der Waals surface area (Å²) in [6.07, 6.45) is 0. The lowest BCUT2D eigenvalue weighted by Crippen LogP contribution is -1.95. The molecule has 0 radical (unpaired) electrons. The first-order chi connectivity index (χ1) is 6.72. The minimum absolute atomic E-state index is 0. The predicted octanol–water partition coefficient (Wildman–Crippen LogP) is 2.48. The monoisotopic (exact) mass is 243 g/mol. The van der Waals surface area contributed by atoms with Gasteiger partial charge < -0.3 is 10.8 Å². The van der Waals surface area contributed by atoms with Gasteiger partial charge in [-0.2, -0.15) is 0 Å². The van der Waals surface area contributed by atoms with E-state index in [1.165, 1.54) is 0 Å². The van der Waals surface area contributed by atoms with Gasteiger partial charge in [-0.3, -0.25) is 0 Å². The van der Waals surface area contributed by atoms with E-state index in [1.807, 2.05) is 12.1 Å². The number of carbonyl (C=O) groups is 1. The molecule has 2 rings (SSSR count). The van der Waals surface area contributed by atoms with E-state index < -0.39 is 5.97 Å². The molecule has 15 heavy (non-hydrogen) atoms. The molecule has 0 bridgehead atoms. The van der Waals surface area contributed by atoms with Crippen molar-refractivity contribution >= 4 is 39.8 Å². The van der Waals surface area contributed by atoms with E-state index in [-0.39, 0.29) is 12.4 Å². The maximum Gasteiger partial charge on any atom is 0.336 e. The number of rotatable bonds is 2. The van der Waals surface area contributed by atoms with Crippen molar-refractivity contribution in [1.29, 1.82) is 0 Å². The molecule has 0 unspecified atom stereocenters. The molecule has 1 heterocycles. The fraction of sp³-hybridized carbons (Fsp3) is 0.100. The second-order valence-electron chi connectivity index (χ2n) is 2.94. The molecule has 5 heteroatoms. The Morgan fingerprint density at radius 3 is 2.80 bits per heavy atom. The van der Waals surface area contributed by atoms with Crippen LogP contribution in [0.25, 0.3) is 10.1 Å². The van der Waals surface area contributed by atoms with E-state index in [2.05, 4.69) is 0 Å². The molecule has 80 valence electrons. The van der Waals surface area contributed by atoms with Crippen molar-refractivity contribution < 1.29 is 9.90 Å². The Morgan fingerprint density at radius 1 is 1.47 bits per heavy atom. The first-order valence-electron chi connectivity index (χ1n) is 4.17. The van der Waals surface area contributed by atoms with Gasteiger partial charge in [0.2, 0.25) is 0 Å². The number of thiophene rings is 1. The van der Waals surface area contributed by atoms with Gasteiger partial charge in [-0.1, -0.05) is 6.07 Å². The average molecular weight is 244 g/mol. The second-order valence-corrected chi connectivity index (χ2v) is 4.11. The molecular weight excluding hydrogens is 234 g/mol. The fourth-order valence-corrected chi connectivity index (χ4v) is 2.37. The van der Waals surface area contributed by atoms with Crippen molar-refractivity contribution in [3.63, 3.8) is 0 Å². The Hall–Kier alpha value is -1.10. The zero-order valence-corrected chi connectivity index (χ0v) is 9.40. The van der Waals surface area contributed by atoms with Crippen LogP contribution < -0.4 is 5.73 Å². The van der Waals surface area contributed by atoms with Crippen molar-refractivity contribution in [2.24, 2.45) is 5.73 Å². The third kappa shape index (κ3) is 2.12. The lowest BCUT2D eigenvalue weighted by atomic mass is 10.1. The quantitative estimate of drug-likeness (QED) is 0.852. The van der Waals surface area contributed by atoms with E-state index in [4.69, 9.17) is 10.8 Å². The number of fused-ring (bicyclic) bond motifs is 1. The molecule has 1 aromatic carbocycles.